The number of halogens is 1. The van der Waals surface area contributed by atoms with E-state index in [1.807, 2.05) is 55.7 Å². The number of pyridine rings is 1. The SMILES string of the molecule is Cn1cccc1C(=O)Nc1ccc(Cl)c(-c2nccc3ccccc23)c1. The highest BCUT2D eigenvalue weighted by Gasteiger charge is 2.13. The summed E-state index contributed by atoms with van der Waals surface area (Å²) in [5.74, 6) is -0.170. The summed E-state index contributed by atoms with van der Waals surface area (Å²) in [5, 5.41) is 5.62. The molecule has 2 heterocycles. The number of hydrogen-bond donors (Lipinski definition) is 1. The number of rotatable bonds is 3. The third-order valence-corrected chi connectivity index (χ3v) is 4.66. The lowest BCUT2D eigenvalue weighted by atomic mass is 10.0. The molecule has 0 aliphatic carbocycles. The zero-order chi connectivity index (χ0) is 18.1. The van der Waals surface area contributed by atoms with Crippen molar-refractivity contribution in [2.75, 3.05) is 5.32 Å². The number of amides is 1. The van der Waals surface area contributed by atoms with Gasteiger partial charge in [0, 0.05) is 36.1 Å². The second kappa shape index (κ2) is 6.65. The molecule has 0 saturated carbocycles. The van der Waals surface area contributed by atoms with E-state index in [0.29, 0.717) is 16.4 Å². The maximum atomic E-state index is 12.5. The molecule has 26 heavy (non-hydrogen) atoms. The molecule has 1 amide bonds. The summed E-state index contributed by atoms with van der Waals surface area (Å²) in [4.78, 5) is 17.0. The highest BCUT2D eigenvalue weighted by molar-refractivity contribution is 6.33. The predicted molar refractivity (Wildman–Crippen MR) is 106 cm³/mol. The fourth-order valence-electron chi connectivity index (χ4n) is 3.01. The first-order valence-electron chi connectivity index (χ1n) is 8.20. The van der Waals surface area contributed by atoms with E-state index in [1.54, 1.807) is 29.0 Å². The molecule has 2 aromatic heterocycles. The number of benzene rings is 2. The molecule has 0 bridgehead atoms. The minimum absolute atomic E-state index is 0.170. The molecule has 0 saturated heterocycles. The van der Waals surface area contributed by atoms with Gasteiger partial charge < -0.3 is 9.88 Å². The van der Waals surface area contributed by atoms with E-state index in [4.69, 9.17) is 11.6 Å². The van der Waals surface area contributed by atoms with Crippen molar-refractivity contribution in [3.05, 3.63) is 83.8 Å². The number of carbonyl (C=O) groups excluding carboxylic acids is 1. The van der Waals surface area contributed by atoms with E-state index in [9.17, 15) is 4.79 Å². The molecule has 0 aliphatic rings. The van der Waals surface area contributed by atoms with Crippen LogP contribution in [0.5, 0.6) is 0 Å². The van der Waals surface area contributed by atoms with Crippen LogP contribution in [0.2, 0.25) is 5.02 Å². The fourth-order valence-corrected chi connectivity index (χ4v) is 3.22. The second-order valence-corrected chi connectivity index (χ2v) is 6.44. The average molecular weight is 362 g/mol. The summed E-state index contributed by atoms with van der Waals surface area (Å²) in [6, 6.07) is 19.0. The quantitative estimate of drug-likeness (QED) is 0.548. The molecule has 4 aromatic rings. The van der Waals surface area contributed by atoms with Crippen molar-refractivity contribution in [3.63, 3.8) is 0 Å². The number of fused-ring (bicyclic) bond motifs is 1. The van der Waals surface area contributed by atoms with Crippen LogP contribution in [0.15, 0.2) is 73.1 Å². The predicted octanol–water partition coefficient (Wildman–Crippen LogP) is 5.15. The summed E-state index contributed by atoms with van der Waals surface area (Å²) >= 11 is 6.44. The van der Waals surface area contributed by atoms with Crippen molar-refractivity contribution in [2.45, 2.75) is 0 Å². The second-order valence-electron chi connectivity index (χ2n) is 6.03. The number of carbonyl (C=O) groups is 1. The number of aromatic nitrogens is 2. The molecule has 0 unspecified atom stereocenters. The van der Waals surface area contributed by atoms with Gasteiger partial charge in [0.05, 0.1) is 10.7 Å². The van der Waals surface area contributed by atoms with Gasteiger partial charge in [0.15, 0.2) is 0 Å². The highest BCUT2D eigenvalue weighted by atomic mass is 35.5. The average Bonchev–Trinajstić information content (AvgIpc) is 3.09. The van der Waals surface area contributed by atoms with Crippen molar-refractivity contribution >= 4 is 34.0 Å². The van der Waals surface area contributed by atoms with Gasteiger partial charge in [0.25, 0.3) is 5.91 Å². The van der Waals surface area contributed by atoms with Crippen molar-refractivity contribution in [1.82, 2.24) is 9.55 Å². The van der Waals surface area contributed by atoms with Crippen LogP contribution in [0.1, 0.15) is 10.5 Å². The molecular formula is C21H16ClN3O. The zero-order valence-electron chi connectivity index (χ0n) is 14.1. The van der Waals surface area contributed by atoms with Crippen LogP contribution in [0.3, 0.4) is 0 Å². The number of nitrogens with zero attached hydrogens (tertiary/aromatic N) is 2. The van der Waals surface area contributed by atoms with E-state index in [2.05, 4.69) is 10.3 Å². The van der Waals surface area contributed by atoms with Crippen LogP contribution in [0.4, 0.5) is 5.69 Å². The number of nitrogens with one attached hydrogen (secondary N) is 1. The van der Waals surface area contributed by atoms with Gasteiger partial charge in [-0.2, -0.15) is 0 Å². The van der Waals surface area contributed by atoms with Crippen LogP contribution in [-0.4, -0.2) is 15.5 Å². The Balaban J connectivity index is 1.75. The molecule has 0 fully saturated rings. The Hall–Kier alpha value is -3.11. The molecule has 0 aliphatic heterocycles. The summed E-state index contributed by atoms with van der Waals surface area (Å²) in [5.41, 5.74) is 2.84. The van der Waals surface area contributed by atoms with Gasteiger partial charge in [-0.15, -0.1) is 0 Å². The van der Waals surface area contributed by atoms with Gasteiger partial charge in [-0.05, 0) is 41.8 Å². The molecule has 0 spiro atoms. The van der Waals surface area contributed by atoms with Crippen LogP contribution < -0.4 is 5.32 Å². The minimum Gasteiger partial charge on any atom is -0.347 e. The topological polar surface area (TPSA) is 46.9 Å². The zero-order valence-corrected chi connectivity index (χ0v) is 14.9. The lowest BCUT2D eigenvalue weighted by molar-refractivity contribution is 0.101. The molecule has 0 radical (unpaired) electrons. The number of hydrogen-bond acceptors (Lipinski definition) is 2. The summed E-state index contributed by atoms with van der Waals surface area (Å²) in [6.07, 6.45) is 3.60. The summed E-state index contributed by atoms with van der Waals surface area (Å²) in [6.45, 7) is 0. The number of anilines is 1. The first-order chi connectivity index (χ1) is 12.6. The van der Waals surface area contributed by atoms with Gasteiger partial charge in [0.1, 0.15) is 5.69 Å². The van der Waals surface area contributed by atoms with Crippen molar-refractivity contribution < 1.29 is 4.79 Å². The largest absolute Gasteiger partial charge is 0.347 e. The maximum Gasteiger partial charge on any atom is 0.272 e. The molecule has 128 valence electrons. The summed E-state index contributed by atoms with van der Waals surface area (Å²) in [7, 11) is 1.84. The molecule has 5 heteroatoms. The van der Waals surface area contributed by atoms with Gasteiger partial charge in [-0.25, -0.2) is 0 Å². The Morgan fingerprint density at radius 1 is 1.08 bits per heavy atom. The van der Waals surface area contributed by atoms with Crippen molar-refractivity contribution in [3.8, 4) is 11.3 Å². The minimum atomic E-state index is -0.170. The lowest BCUT2D eigenvalue weighted by Crippen LogP contribution is -2.15. The smallest absolute Gasteiger partial charge is 0.272 e. The molecule has 0 atom stereocenters. The van der Waals surface area contributed by atoms with Crippen LogP contribution in [0.25, 0.3) is 22.0 Å². The van der Waals surface area contributed by atoms with E-state index in [0.717, 1.165) is 22.0 Å². The number of aryl methyl sites for hydroxylation is 1. The van der Waals surface area contributed by atoms with E-state index < -0.39 is 0 Å². The van der Waals surface area contributed by atoms with E-state index >= 15 is 0 Å². The monoisotopic (exact) mass is 361 g/mol. The Kier molecular flexibility index (Phi) is 4.19. The normalized spacial score (nSPS) is 10.8. The Bertz CT molecular complexity index is 1110. The van der Waals surface area contributed by atoms with Crippen LogP contribution in [0, 0.1) is 0 Å². The van der Waals surface area contributed by atoms with Gasteiger partial charge >= 0.3 is 0 Å². The molecule has 2 aromatic carbocycles. The molecular weight excluding hydrogens is 346 g/mol. The lowest BCUT2D eigenvalue weighted by Gasteiger charge is -2.11. The van der Waals surface area contributed by atoms with Gasteiger partial charge in [-0.3, -0.25) is 9.78 Å². The first-order valence-corrected chi connectivity index (χ1v) is 8.57. The van der Waals surface area contributed by atoms with Gasteiger partial charge in [-0.1, -0.05) is 35.9 Å². The Labute approximate surface area is 156 Å². The summed E-state index contributed by atoms with van der Waals surface area (Å²) < 4.78 is 1.78. The van der Waals surface area contributed by atoms with Crippen molar-refractivity contribution in [2.24, 2.45) is 7.05 Å². The standard InChI is InChI=1S/C21H16ClN3O/c1-25-12-4-7-19(25)21(26)24-15-8-9-18(22)17(13-15)20-16-6-3-2-5-14(16)10-11-23-20/h2-13H,1H3,(H,24,26). The van der Waals surface area contributed by atoms with Crippen LogP contribution in [-0.2, 0) is 7.05 Å². The Morgan fingerprint density at radius 3 is 2.73 bits per heavy atom. The highest BCUT2D eigenvalue weighted by Crippen LogP contribution is 2.33. The molecule has 4 rings (SSSR count). The molecule has 1 N–H and O–H groups in total. The maximum absolute atomic E-state index is 12.5. The van der Waals surface area contributed by atoms with Crippen LogP contribution >= 0.6 is 11.6 Å². The van der Waals surface area contributed by atoms with E-state index in [-0.39, 0.29) is 5.91 Å². The third kappa shape index (κ3) is 2.95. The van der Waals surface area contributed by atoms with Gasteiger partial charge in [0.2, 0.25) is 0 Å². The first kappa shape index (κ1) is 16.4. The third-order valence-electron chi connectivity index (χ3n) is 4.33. The molecule has 4 nitrogen and oxygen atoms in total. The van der Waals surface area contributed by atoms with E-state index in [1.165, 1.54) is 0 Å². The van der Waals surface area contributed by atoms with Crippen molar-refractivity contribution in [1.29, 1.82) is 0 Å². The fraction of sp³-hybridized carbons (Fsp3) is 0.0476. The Morgan fingerprint density at radius 2 is 1.92 bits per heavy atom.